The molecule has 20 heavy (non-hydrogen) atoms. The number of rotatable bonds is 2. The van der Waals surface area contributed by atoms with E-state index in [1.807, 2.05) is 12.1 Å². The van der Waals surface area contributed by atoms with E-state index in [2.05, 4.69) is 62.0 Å². The molecule has 108 valence electrons. The smallest absolute Gasteiger partial charge is 0.0567 e. The third-order valence-corrected chi connectivity index (χ3v) is 5.73. The minimum absolute atomic E-state index is 0.550. The van der Waals surface area contributed by atoms with E-state index in [-0.39, 0.29) is 0 Å². The number of benzene rings is 1. The molecule has 0 N–H and O–H groups in total. The Hall–Kier alpha value is 0.170. The van der Waals surface area contributed by atoms with Crippen LogP contribution < -0.4 is 0 Å². The number of fused-ring (bicyclic) bond motifs is 2. The fourth-order valence-electron chi connectivity index (χ4n) is 3.95. The zero-order chi connectivity index (χ0) is 14.3. The maximum absolute atomic E-state index is 6.03. The van der Waals surface area contributed by atoms with Gasteiger partial charge in [0.1, 0.15) is 0 Å². The van der Waals surface area contributed by atoms with Crippen LogP contribution in [0.2, 0.25) is 5.02 Å². The van der Waals surface area contributed by atoms with Crippen LogP contribution in [0.4, 0.5) is 0 Å². The van der Waals surface area contributed by atoms with E-state index in [0.717, 1.165) is 14.5 Å². The van der Waals surface area contributed by atoms with Crippen molar-refractivity contribution in [1.82, 2.24) is 4.90 Å². The summed E-state index contributed by atoms with van der Waals surface area (Å²) in [4.78, 5) is 2.58. The zero-order valence-corrected chi connectivity index (χ0v) is 15.3. The third-order valence-electron chi connectivity index (χ3n) is 4.95. The molecule has 2 aliphatic rings. The van der Waals surface area contributed by atoms with Crippen molar-refractivity contribution in [1.29, 1.82) is 0 Å². The Kier molecular flexibility index (Phi) is 4.61. The van der Waals surface area contributed by atoms with Gasteiger partial charge in [0, 0.05) is 23.0 Å². The molecule has 0 amide bonds. The van der Waals surface area contributed by atoms with Gasteiger partial charge in [0.2, 0.25) is 0 Å². The maximum Gasteiger partial charge on any atom is 0.0567 e. The molecule has 2 saturated heterocycles. The van der Waals surface area contributed by atoms with Gasteiger partial charge >= 0.3 is 0 Å². The second-order valence-corrected chi connectivity index (χ2v) is 9.10. The predicted molar refractivity (Wildman–Crippen MR) is 92.8 cm³/mol. The summed E-state index contributed by atoms with van der Waals surface area (Å²) < 4.78 is 1.06. The fourth-order valence-corrected chi connectivity index (χ4v) is 4.69. The van der Waals surface area contributed by atoms with E-state index < -0.39 is 0 Å². The lowest BCUT2D eigenvalue weighted by Crippen LogP contribution is -2.45. The SMILES string of the molecule is CN1[C@H]2CC[C@@H]1[C@H](C=C(Br)Br)[C@@H](c1ccc(Cl)cc1)C2. The highest BCUT2D eigenvalue weighted by Crippen LogP contribution is 2.47. The Labute approximate surface area is 142 Å². The van der Waals surface area contributed by atoms with E-state index >= 15 is 0 Å². The second-order valence-electron chi connectivity index (χ2n) is 5.89. The van der Waals surface area contributed by atoms with Gasteiger partial charge in [0.05, 0.1) is 3.39 Å². The zero-order valence-electron chi connectivity index (χ0n) is 11.4. The van der Waals surface area contributed by atoms with Crippen LogP contribution in [0.25, 0.3) is 0 Å². The summed E-state index contributed by atoms with van der Waals surface area (Å²) in [7, 11) is 2.28. The van der Waals surface area contributed by atoms with Gasteiger partial charge in [-0.1, -0.05) is 29.8 Å². The van der Waals surface area contributed by atoms with Crippen LogP contribution in [-0.4, -0.2) is 24.0 Å². The summed E-state index contributed by atoms with van der Waals surface area (Å²) in [6.07, 6.45) is 6.21. The molecule has 0 spiro atoms. The number of nitrogens with zero attached hydrogens (tertiary/aromatic N) is 1. The summed E-state index contributed by atoms with van der Waals surface area (Å²) in [6, 6.07) is 9.81. The highest BCUT2D eigenvalue weighted by atomic mass is 79.9. The largest absolute Gasteiger partial charge is 0.300 e. The molecule has 0 saturated carbocycles. The molecule has 1 aromatic carbocycles. The first kappa shape index (κ1) is 15.1. The van der Waals surface area contributed by atoms with E-state index in [1.165, 1.54) is 24.8 Å². The quantitative estimate of drug-likeness (QED) is 0.609. The fraction of sp³-hybridized carbons (Fsp3) is 0.500. The molecular formula is C16H18Br2ClN. The molecule has 2 fully saturated rings. The molecule has 1 aromatic rings. The Morgan fingerprint density at radius 2 is 1.95 bits per heavy atom. The Morgan fingerprint density at radius 1 is 1.25 bits per heavy atom. The first-order chi connectivity index (χ1) is 9.56. The Morgan fingerprint density at radius 3 is 2.60 bits per heavy atom. The van der Waals surface area contributed by atoms with Gasteiger partial charge in [-0.05, 0) is 81.8 Å². The lowest BCUT2D eigenvalue weighted by molar-refractivity contribution is 0.124. The average molecular weight is 420 g/mol. The maximum atomic E-state index is 6.03. The molecule has 3 rings (SSSR count). The minimum atomic E-state index is 0.550. The normalized spacial score (nSPS) is 33.2. The molecule has 0 radical (unpaired) electrons. The van der Waals surface area contributed by atoms with Gasteiger partial charge in [-0.25, -0.2) is 0 Å². The van der Waals surface area contributed by atoms with E-state index in [4.69, 9.17) is 11.6 Å². The summed E-state index contributed by atoms with van der Waals surface area (Å²) in [5, 5.41) is 0.818. The first-order valence-electron chi connectivity index (χ1n) is 7.06. The highest BCUT2D eigenvalue weighted by molar-refractivity contribution is 9.28. The predicted octanol–water partition coefficient (Wildman–Crippen LogP) is 5.54. The molecule has 2 bridgehead atoms. The molecule has 2 heterocycles. The summed E-state index contributed by atoms with van der Waals surface area (Å²) in [5.74, 6) is 1.14. The van der Waals surface area contributed by atoms with E-state index in [1.54, 1.807) is 0 Å². The van der Waals surface area contributed by atoms with Crippen molar-refractivity contribution in [2.45, 2.75) is 37.3 Å². The molecule has 0 aliphatic carbocycles. The summed E-state index contributed by atoms with van der Waals surface area (Å²) in [6.45, 7) is 0. The van der Waals surface area contributed by atoms with Crippen molar-refractivity contribution in [2.75, 3.05) is 7.05 Å². The Balaban J connectivity index is 1.95. The molecular weight excluding hydrogens is 401 g/mol. The Bertz CT molecular complexity index is 510. The highest BCUT2D eigenvalue weighted by Gasteiger charge is 2.44. The molecule has 1 nitrogen and oxygen atoms in total. The summed E-state index contributed by atoms with van der Waals surface area (Å²) in [5.41, 5.74) is 1.42. The van der Waals surface area contributed by atoms with Crippen molar-refractivity contribution >= 4 is 43.5 Å². The van der Waals surface area contributed by atoms with Crippen LogP contribution in [0, 0.1) is 5.92 Å². The van der Waals surface area contributed by atoms with Crippen LogP contribution in [0.3, 0.4) is 0 Å². The van der Waals surface area contributed by atoms with Crippen LogP contribution in [-0.2, 0) is 0 Å². The molecule has 0 unspecified atom stereocenters. The van der Waals surface area contributed by atoms with Gasteiger partial charge < -0.3 is 0 Å². The van der Waals surface area contributed by atoms with Crippen LogP contribution in [0.15, 0.2) is 33.7 Å². The van der Waals surface area contributed by atoms with Gasteiger partial charge in [0.15, 0.2) is 0 Å². The van der Waals surface area contributed by atoms with Crippen LogP contribution in [0.1, 0.15) is 30.7 Å². The van der Waals surface area contributed by atoms with E-state index in [0.29, 0.717) is 17.9 Å². The average Bonchev–Trinajstić information content (AvgIpc) is 2.65. The van der Waals surface area contributed by atoms with Crippen molar-refractivity contribution in [3.8, 4) is 0 Å². The van der Waals surface area contributed by atoms with Crippen LogP contribution in [0.5, 0.6) is 0 Å². The number of halogens is 3. The standard InChI is InChI=1S/C16H18Br2ClN/c1-20-12-6-7-15(20)14(9-16(17)18)13(8-12)10-2-4-11(19)5-3-10/h2-5,9,12-15H,6-8H2,1H3/t12-,13+,14+,15+/m0/s1. The minimum Gasteiger partial charge on any atom is -0.300 e. The summed E-state index contributed by atoms with van der Waals surface area (Å²) >= 11 is 13.1. The van der Waals surface area contributed by atoms with Gasteiger partial charge in [0.25, 0.3) is 0 Å². The van der Waals surface area contributed by atoms with Gasteiger partial charge in [-0.3, -0.25) is 4.90 Å². The van der Waals surface area contributed by atoms with Gasteiger partial charge in [-0.15, -0.1) is 0 Å². The van der Waals surface area contributed by atoms with Crippen LogP contribution >= 0.6 is 43.5 Å². The number of hydrogen-bond acceptors (Lipinski definition) is 1. The second kappa shape index (κ2) is 6.12. The van der Waals surface area contributed by atoms with Crippen molar-refractivity contribution in [2.24, 2.45) is 5.92 Å². The molecule has 0 aromatic heterocycles. The van der Waals surface area contributed by atoms with Crippen molar-refractivity contribution in [3.05, 3.63) is 44.3 Å². The molecule has 4 atom stereocenters. The van der Waals surface area contributed by atoms with E-state index in [9.17, 15) is 0 Å². The molecule has 4 heteroatoms. The van der Waals surface area contributed by atoms with Gasteiger partial charge in [-0.2, -0.15) is 0 Å². The van der Waals surface area contributed by atoms with Crippen molar-refractivity contribution in [3.63, 3.8) is 0 Å². The monoisotopic (exact) mass is 417 g/mol. The lowest BCUT2D eigenvalue weighted by Gasteiger charge is -2.42. The number of hydrogen-bond donors (Lipinski definition) is 0. The molecule has 2 aliphatic heterocycles. The lowest BCUT2D eigenvalue weighted by atomic mass is 9.76. The first-order valence-corrected chi connectivity index (χ1v) is 9.03. The third kappa shape index (κ3) is 2.87. The number of piperidine rings is 1. The van der Waals surface area contributed by atoms with Crippen molar-refractivity contribution < 1.29 is 0 Å². The topological polar surface area (TPSA) is 3.24 Å².